The van der Waals surface area contributed by atoms with Crippen molar-refractivity contribution in [2.24, 2.45) is 5.73 Å². The van der Waals surface area contributed by atoms with Gasteiger partial charge < -0.3 is 5.73 Å². The molecule has 0 fully saturated rings. The highest BCUT2D eigenvalue weighted by Crippen LogP contribution is 2.21. The summed E-state index contributed by atoms with van der Waals surface area (Å²) in [6, 6.07) is 17.9. The summed E-state index contributed by atoms with van der Waals surface area (Å²) in [6.07, 6.45) is 4.65. The van der Waals surface area contributed by atoms with E-state index in [9.17, 15) is 0 Å². The first-order chi connectivity index (χ1) is 9.69. The van der Waals surface area contributed by atoms with E-state index in [1.165, 1.54) is 41.5 Å². The average molecular weight is 267 g/mol. The smallest absolute Gasteiger partial charge is 0.00509 e. The van der Waals surface area contributed by atoms with Crippen molar-refractivity contribution in [2.75, 3.05) is 0 Å². The fourth-order valence-corrected chi connectivity index (χ4v) is 2.45. The SMILES string of the molecule is CCCCc1ccc(-c2ccc(CC(C)N)cc2)cc1. The van der Waals surface area contributed by atoms with Crippen LogP contribution in [0.15, 0.2) is 48.5 Å². The third-order valence-electron chi connectivity index (χ3n) is 3.62. The minimum atomic E-state index is 0.221. The molecule has 1 nitrogen and oxygen atoms in total. The van der Waals surface area contributed by atoms with Crippen LogP contribution in [0, 0.1) is 0 Å². The highest BCUT2D eigenvalue weighted by molar-refractivity contribution is 5.64. The Hall–Kier alpha value is -1.60. The molecule has 1 heteroatoms. The number of benzene rings is 2. The van der Waals surface area contributed by atoms with Crippen molar-refractivity contribution in [1.29, 1.82) is 0 Å². The zero-order valence-corrected chi connectivity index (χ0v) is 12.6. The first-order valence-corrected chi connectivity index (χ1v) is 7.63. The normalized spacial score (nSPS) is 12.3. The first kappa shape index (κ1) is 14.8. The van der Waals surface area contributed by atoms with Gasteiger partial charge in [0.25, 0.3) is 0 Å². The lowest BCUT2D eigenvalue weighted by atomic mass is 9.99. The zero-order chi connectivity index (χ0) is 14.4. The van der Waals surface area contributed by atoms with E-state index in [1.54, 1.807) is 0 Å². The molecular weight excluding hydrogens is 242 g/mol. The molecule has 2 aromatic rings. The summed E-state index contributed by atoms with van der Waals surface area (Å²) in [4.78, 5) is 0. The zero-order valence-electron chi connectivity index (χ0n) is 12.6. The molecule has 0 aliphatic rings. The Balaban J connectivity index is 2.07. The summed E-state index contributed by atoms with van der Waals surface area (Å²) < 4.78 is 0. The van der Waals surface area contributed by atoms with E-state index in [1.807, 2.05) is 6.92 Å². The Bertz CT molecular complexity index is 508. The Morgan fingerprint density at radius 2 is 1.35 bits per heavy atom. The van der Waals surface area contributed by atoms with E-state index in [2.05, 4.69) is 55.5 Å². The molecule has 0 aliphatic heterocycles. The molecule has 1 atom stereocenters. The highest BCUT2D eigenvalue weighted by atomic mass is 14.6. The molecule has 106 valence electrons. The van der Waals surface area contributed by atoms with Gasteiger partial charge in [-0.2, -0.15) is 0 Å². The van der Waals surface area contributed by atoms with Gasteiger partial charge in [0.1, 0.15) is 0 Å². The third-order valence-corrected chi connectivity index (χ3v) is 3.62. The van der Waals surface area contributed by atoms with E-state index in [-0.39, 0.29) is 6.04 Å². The van der Waals surface area contributed by atoms with Gasteiger partial charge in [0, 0.05) is 6.04 Å². The van der Waals surface area contributed by atoms with Crippen molar-refractivity contribution in [2.45, 2.75) is 45.6 Å². The molecular formula is C19H25N. The topological polar surface area (TPSA) is 26.0 Å². The second kappa shape index (κ2) is 7.25. The van der Waals surface area contributed by atoms with Crippen molar-refractivity contribution < 1.29 is 0 Å². The van der Waals surface area contributed by atoms with Crippen LogP contribution in [0.1, 0.15) is 37.8 Å². The maximum absolute atomic E-state index is 5.83. The van der Waals surface area contributed by atoms with Crippen molar-refractivity contribution >= 4 is 0 Å². The maximum Gasteiger partial charge on any atom is 0.00509 e. The Morgan fingerprint density at radius 3 is 1.80 bits per heavy atom. The molecule has 2 rings (SSSR count). The lowest BCUT2D eigenvalue weighted by Gasteiger charge is -2.07. The van der Waals surface area contributed by atoms with E-state index in [0.717, 1.165) is 6.42 Å². The van der Waals surface area contributed by atoms with Gasteiger partial charge in [-0.3, -0.25) is 0 Å². The van der Waals surface area contributed by atoms with Gasteiger partial charge in [0.15, 0.2) is 0 Å². The van der Waals surface area contributed by atoms with Gasteiger partial charge in [-0.25, -0.2) is 0 Å². The molecule has 0 saturated carbocycles. The molecule has 1 unspecified atom stereocenters. The molecule has 0 amide bonds. The first-order valence-electron chi connectivity index (χ1n) is 7.63. The lowest BCUT2D eigenvalue weighted by Crippen LogP contribution is -2.17. The Morgan fingerprint density at radius 1 is 0.850 bits per heavy atom. The molecule has 0 saturated heterocycles. The molecule has 0 aromatic heterocycles. The second-order valence-corrected chi connectivity index (χ2v) is 5.68. The maximum atomic E-state index is 5.83. The van der Waals surface area contributed by atoms with Crippen LogP contribution < -0.4 is 5.73 Å². The van der Waals surface area contributed by atoms with Crippen LogP contribution in [-0.2, 0) is 12.8 Å². The fraction of sp³-hybridized carbons (Fsp3) is 0.368. The van der Waals surface area contributed by atoms with E-state index in [4.69, 9.17) is 5.73 Å². The Kier molecular flexibility index (Phi) is 5.37. The summed E-state index contributed by atoms with van der Waals surface area (Å²) in [5.41, 5.74) is 11.1. The van der Waals surface area contributed by atoms with Crippen LogP contribution in [0.4, 0.5) is 0 Å². The summed E-state index contributed by atoms with van der Waals surface area (Å²) in [5.74, 6) is 0. The minimum absolute atomic E-state index is 0.221. The van der Waals surface area contributed by atoms with Crippen LogP contribution >= 0.6 is 0 Å². The average Bonchev–Trinajstić information content (AvgIpc) is 2.46. The molecule has 0 radical (unpaired) electrons. The van der Waals surface area contributed by atoms with Crippen LogP contribution in [0.25, 0.3) is 11.1 Å². The fourth-order valence-electron chi connectivity index (χ4n) is 2.45. The van der Waals surface area contributed by atoms with Crippen LogP contribution in [0.3, 0.4) is 0 Å². The van der Waals surface area contributed by atoms with E-state index >= 15 is 0 Å². The van der Waals surface area contributed by atoms with Gasteiger partial charge in [-0.05, 0) is 48.4 Å². The molecule has 2 aromatic carbocycles. The lowest BCUT2D eigenvalue weighted by molar-refractivity contribution is 0.738. The van der Waals surface area contributed by atoms with Gasteiger partial charge in [0.05, 0.1) is 0 Å². The van der Waals surface area contributed by atoms with E-state index < -0.39 is 0 Å². The molecule has 0 heterocycles. The van der Waals surface area contributed by atoms with Crippen LogP contribution in [0.2, 0.25) is 0 Å². The van der Waals surface area contributed by atoms with Crippen LogP contribution in [-0.4, -0.2) is 6.04 Å². The summed E-state index contributed by atoms with van der Waals surface area (Å²) in [5, 5.41) is 0. The second-order valence-electron chi connectivity index (χ2n) is 5.68. The van der Waals surface area contributed by atoms with E-state index in [0.29, 0.717) is 0 Å². The molecule has 20 heavy (non-hydrogen) atoms. The van der Waals surface area contributed by atoms with Gasteiger partial charge in [-0.15, -0.1) is 0 Å². The molecule has 2 N–H and O–H groups in total. The van der Waals surface area contributed by atoms with Crippen molar-refractivity contribution in [3.05, 3.63) is 59.7 Å². The van der Waals surface area contributed by atoms with Gasteiger partial charge >= 0.3 is 0 Å². The predicted octanol–water partition coefficient (Wildman–Crippen LogP) is 4.59. The molecule has 0 bridgehead atoms. The van der Waals surface area contributed by atoms with Gasteiger partial charge in [-0.1, -0.05) is 61.9 Å². The predicted molar refractivity (Wildman–Crippen MR) is 87.8 cm³/mol. The monoisotopic (exact) mass is 267 g/mol. The molecule has 0 spiro atoms. The van der Waals surface area contributed by atoms with Crippen molar-refractivity contribution in [3.63, 3.8) is 0 Å². The summed E-state index contributed by atoms with van der Waals surface area (Å²) in [7, 11) is 0. The number of rotatable bonds is 6. The number of nitrogens with two attached hydrogens (primary N) is 1. The minimum Gasteiger partial charge on any atom is -0.328 e. The quantitative estimate of drug-likeness (QED) is 0.814. The van der Waals surface area contributed by atoms with Crippen molar-refractivity contribution in [1.82, 2.24) is 0 Å². The van der Waals surface area contributed by atoms with Gasteiger partial charge in [0.2, 0.25) is 0 Å². The molecule has 0 aliphatic carbocycles. The number of unbranched alkanes of at least 4 members (excludes halogenated alkanes) is 1. The number of hydrogen-bond acceptors (Lipinski definition) is 1. The summed E-state index contributed by atoms with van der Waals surface area (Å²) >= 11 is 0. The Labute approximate surface area is 122 Å². The van der Waals surface area contributed by atoms with Crippen LogP contribution in [0.5, 0.6) is 0 Å². The third kappa shape index (κ3) is 4.21. The number of hydrogen-bond donors (Lipinski definition) is 1. The number of aryl methyl sites for hydroxylation is 1. The largest absolute Gasteiger partial charge is 0.328 e. The van der Waals surface area contributed by atoms with Crippen molar-refractivity contribution in [3.8, 4) is 11.1 Å². The highest BCUT2D eigenvalue weighted by Gasteiger charge is 2.01. The summed E-state index contributed by atoms with van der Waals surface area (Å²) in [6.45, 7) is 4.28. The standard InChI is InChI=1S/C19H25N/c1-3-4-5-16-6-10-18(11-7-16)19-12-8-17(9-13-19)14-15(2)20/h6-13,15H,3-5,14,20H2,1-2H3.